The van der Waals surface area contributed by atoms with Gasteiger partial charge < -0.3 is 9.47 Å². The summed E-state index contributed by atoms with van der Waals surface area (Å²) in [5.41, 5.74) is 1.74. The van der Waals surface area contributed by atoms with E-state index in [0.717, 1.165) is 12.1 Å². The van der Waals surface area contributed by atoms with E-state index < -0.39 is 17.7 Å². The number of hydrogen-bond acceptors (Lipinski definition) is 5. The summed E-state index contributed by atoms with van der Waals surface area (Å²) < 4.78 is 25.1. The van der Waals surface area contributed by atoms with Crippen LogP contribution in [0.4, 0.5) is 4.39 Å². The van der Waals surface area contributed by atoms with E-state index >= 15 is 0 Å². The number of nitriles is 1. The number of ether oxygens (including phenoxy) is 2. The number of aromatic nitrogens is 2. The zero-order chi connectivity index (χ0) is 17.3. The number of nitrogens with one attached hydrogen (secondary N) is 2. The van der Waals surface area contributed by atoms with Gasteiger partial charge in [0, 0.05) is 22.7 Å². The molecule has 0 saturated carbocycles. The highest BCUT2D eigenvalue weighted by molar-refractivity contribution is 5.84. The van der Waals surface area contributed by atoms with Gasteiger partial charge in [-0.2, -0.15) is 5.26 Å². The third-order valence-electron chi connectivity index (χ3n) is 4.16. The molecule has 2 aromatic rings. The van der Waals surface area contributed by atoms with Crippen LogP contribution in [0.3, 0.4) is 0 Å². The largest absolute Gasteiger partial charge is 0.497 e. The molecule has 0 amide bonds. The Balaban J connectivity index is 2.22. The minimum atomic E-state index is -0.924. The van der Waals surface area contributed by atoms with Crippen molar-refractivity contribution >= 4 is 5.90 Å². The molecule has 2 atom stereocenters. The van der Waals surface area contributed by atoms with Crippen LogP contribution in [0.1, 0.15) is 36.1 Å². The molecule has 3 rings (SSSR count). The normalized spacial score (nSPS) is 19.3. The number of halogens is 1. The van der Waals surface area contributed by atoms with Gasteiger partial charge in [-0.3, -0.25) is 10.5 Å². The summed E-state index contributed by atoms with van der Waals surface area (Å²) in [7, 11) is 1.50. The molecule has 0 saturated heterocycles. The molecule has 1 aromatic heterocycles. The van der Waals surface area contributed by atoms with Crippen LogP contribution in [-0.2, 0) is 6.42 Å². The number of nitrogens with zero attached hydrogens (tertiary/aromatic N) is 2. The number of rotatable bonds is 4. The lowest BCUT2D eigenvalue weighted by atomic mass is 9.79. The van der Waals surface area contributed by atoms with Crippen LogP contribution in [0.5, 0.6) is 11.6 Å². The van der Waals surface area contributed by atoms with Crippen molar-refractivity contribution in [1.29, 1.82) is 10.7 Å². The average Bonchev–Trinajstić information content (AvgIpc) is 2.97. The Morgan fingerprint density at radius 1 is 1.50 bits per heavy atom. The molecule has 0 bridgehead atoms. The molecular weight excluding hydrogens is 311 g/mol. The number of benzene rings is 1. The second kappa shape index (κ2) is 6.32. The van der Waals surface area contributed by atoms with E-state index in [2.05, 4.69) is 16.3 Å². The van der Waals surface area contributed by atoms with E-state index in [1.165, 1.54) is 19.2 Å². The molecule has 0 spiro atoms. The van der Waals surface area contributed by atoms with Crippen LogP contribution in [-0.4, -0.2) is 23.2 Å². The summed E-state index contributed by atoms with van der Waals surface area (Å²) in [5.74, 6) is -1.54. The van der Waals surface area contributed by atoms with Gasteiger partial charge in [0.05, 0.1) is 13.2 Å². The van der Waals surface area contributed by atoms with E-state index in [0.29, 0.717) is 23.3 Å². The maximum atomic E-state index is 14.5. The van der Waals surface area contributed by atoms with E-state index in [4.69, 9.17) is 14.9 Å². The van der Waals surface area contributed by atoms with E-state index in [-0.39, 0.29) is 11.8 Å². The van der Waals surface area contributed by atoms with Gasteiger partial charge in [-0.1, -0.05) is 13.3 Å². The van der Waals surface area contributed by atoms with Crippen LogP contribution in [0.15, 0.2) is 18.2 Å². The van der Waals surface area contributed by atoms with Crippen molar-refractivity contribution < 1.29 is 13.9 Å². The van der Waals surface area contributed by atoms with Gasteiger partial charge in [0.2, 0.25) is 11.8 Å². The quantitative estimate of drug-likeness (QED) is 0.901. The summed E-state index contributed by atoms with van der Waals surface area (Å²) in [6, 6.07) is 6.46. The first-order chi connectivity index (χ1) is 11.6. The second-order valence-corrected chi connectivity index (χ2v) is 5.61. The smallest absolute Gasteiger partial charge is 0.243 e. The van der Waals surface area contributed by atoms with Crippen LogP contribution in [0.25, 0.3) is 0 Å². The highest BCUT2D eigenvalue weighted by atomic mass is 19.1. The SMILES string of the molecule is CCCc1[nH]nc2c1C(c1cc(OC)ccc1F)C(C#N)C(=N)O2. The summed E-state index contributed by atoms with van der Waals surface area (Å²) >= 11 is 0. The van der Waals surface area contributed by atoms with Crippen molar-refractivity contribution in [2.24, 2.45) is 5.92 Å². The summed E-state index contributed by atoms with van der Waals surface area (Å²) in [4.78, 5) is 0. The van der Waals surface area contributed by atoms with E-state index in [1.54, 1.807) is 6.07 Å². The van der Waals surface area contributed by atoms with Gasteiger partial charge in [0.25, 0.3) is 0 Å². The van der Waals surface area contributed by atoms with Crippen molar-refractivity contribution in [3.63, 3.8) is 0 Å². The minimum Gasteiger partial charge on any atom is -0.497 e. The Kier molecular flexibility index (Phi) is 4.21. The average molecular weight is 328 g/mol. The van der Waals surface area contributed by atoms with Gasteiger partial charge in [-0.25, -0.2) is 4.39 Å². The summed E-state index contributed by atoms with van der Waals surface area (Å²) in [6.45, 7) is 2.02. The number of methoxy groups -OCH3 is 1. The Morgan fingerprint density at radius 3 is 2.96 bits per heavy atom. The predicted molar refractivity (Wildman–Crippen MR) is 84.8 cm³/mol. The molecule has 7 heteroatoms. The number of aromatic amines is 1. The second-order valence-electron chi connectivity index (χ2n) is 5.61. The number of aryl methyl sites for hydroxylation is 1. The lowest BCUT2D eigenvalue weighted by Gasteiger charge is -2.28. The molecule has 124 valence electrons. The monoisotopic (exact) mass is 328 g/mol. The zero-order valence-electron chi connectivity index (χ0n) is 13.4. The maximum absolute atomic E-state index is 14.5. The molecule has 6 nitrogen and oxygen atoms in total. The van der Waals surface area contributed by atoms with Crippen LogP contribution >= 0.6 is 0 Å². The molecule has 2 heterocycles. The summed E-state index contributed by atoms with van der Waals surface area (Å²) in [6.07, 6.45) is 1.55. The van der Waals surface area contributed by atoms with Crippen LogP contribution in [0, 0.1) is 28.5 Å². The fourth-order valence-corrected chi connectivity index (χ4v) is 3.05. The van der Waals surface area contributed by atoms with Crippen LogP contribution < -0.4 is 9.47 Å². The van der Waals surface area contributed by atoms with Crippen molar-refractivity contribution in [3.8, 4) is 17.7 Å². The molecule has 24 heavy (non-hydrogen) atoms. The highest BCUT2D eigenvalue weighted by Crippen LogP contribution is 2.44. The molecule has 2 N–H and O–H groups in total. The first-order valence-corrected chi connectivity index (χ1v) is 7.67. The highest BCUT2D eigenvalue weighted by Gasteiger charge is 2.41. The Bertz CT molecular complexity index is 824. The molecule has 1 aromatic carbocycles. The Hall–Kier alpha value is -2.88. The van der Waals surface area contributed by atoms with Gasteiger partial charge >= 0.3 is 0 Å². The minimum absolute atomic E-state index is 0.230. The Labute approximate surface area is 138 Å². The summed E-state index contributed by atoms with van der Waals surface area (Å²) in [5, 5.41) is 24.5. The maximum Gasteiger partial charge on any atom is 0.243 e. The first kappa shape index (κ1) is 16.0. The van der Waals surface area contributed by atoms with Gasteiger partial charge in [-0.05, 0) is 24.6 Å². The molecule has 0 radical (unpaired) electrons. The molecule has 1 aliphatic heterocycles. The molecular formula is C17H17FN4O2. The number of H-pyrrole nitrogens is 1. The molecule has 2 unspecified atom stereocenters. The third-order valence-corrected chi connectivity index (χ3v) is 4.16. The molecule has 0 fully saturated rings. The van der Waals surface area contributed by atoms with Gasteiger partial charge in [-0.15, -0.1) is 5.10 Å². The Morgan fingerprint density at radius 2 is 2.29 bits per heavy atom. The zero-order valence-corrected chi connectivity index (χ0v) is 13.4. The van der Waals surface area contributed by atoms with Crippen LogP contribution in [0.2, 0.25) is 0 Å². The van der Waals surface area contributed by atoms with Crippen molar-refractivity contribution in [1.82, 2.24) is 10.2 Å². The number of hydrogen-bond donors (Lipinski definition) is 2. The van der Waals surface area contributed by atoms with Gasteiger partial charge in [0.15, 0.2) is 0 Å². The lowest BCUT2D eigenvalue weighted by Crippen LogP contribution is -2.31. The topological polar surface area (TPSA) is 94.8 Å². The fraction of sp³-hybridized carbons (Fsp3) is 0.353. The van der Waals surface area contributed by atoms with Crippen molar-refractivity contribution in [2.75, 3.05) is 7.11 Å². The fourth-order valence-electron chi connectivity index (χ4n) is 3.05. The lowest BCUT2D eigenvalue weighted by molar-refractivity contribution is 0.408. The predicted octanol–water partition coefficient (Wildman–Crippen LogP) is 3.15. The molecule has 1 aliphatic rings. The van der Waals surface area contributed by atoms with E-state index in [9.17, 15) is 9.65 Å². The first-order valence-electron chi connectivity index (χ1n) is 7.67. The standard InChI is InChI=1S/C17H17FN4O2/c1-3-4-13-15-14(10-7-9(23-2)5-6-12(10)18)11(8-19)16(20)24-17(15)22-21-13/h5-7,11,14,20H,3-4H2,1-2H3,(H,21,22). The number of fused-ring (bicyclic) bond motifs is 1. The van der Waals surface area contributed by atoms with Gasteiger partial charge in [0.1, 0.15) is 17.5 Å². The third kappa shape index (κ3) is 2.50. The molecule has 0 aliphatic carbocycles. The van der Waals surface area contributed by atoms with Crippen molar-refractivity contribution in [2.45, 2.75) is 25.7 Å². The van der Waals surface area contributed by atoms with E-state index in [1.807, 2.05) is 6.92 Å². The van der Waals surface area contributed by atoms with Crippen molar-refractivity contribution in [3.05, 3.63) is 40.8 Å².